The minimum Gasteiger partial charge on any atom is -0.334 e. The van der Waals surface area contributed by atoms with Crippen molar-refractivity contribution in [1.29, 1.82) is 0 Å². The van der Waals surface area contributed by atoms with Gasteiger partial charge in [-0.15, -0.1) is 11.3 Å². The number of hydrogen-bond donors (Lipinski definition) is 0. The van der Waals surface area contributed by atoms with Gasteiger partial charge in [-0.2, -0.15) is 10.1 Å². The van der Waals surface area contributed by atoms with Crippen molar-refractivity contribution < 1.29 is 4.79 Å². The van der Waals surface area contributed by atoms with E-state index in [1.54, 1.807) is 16.3 Å². The van der Waals surface area contributed by atoms with Crippen LogP contribution in [0.2, 0.25) is 0 Å². The van der Waals surface area contributed by atoms with Crippen LogP contribution in [0.3, 0.4) is 0 Å². The second-order valence-electron chi connectivity index (χ2n) is 8.85. The number of thiazole rings is 1. The fourth-order valence-corrected chi connectivity index (χ4v) is 7.29. The third-order valence-corrected chi connectivity index (χ3v) is 8.87. The summed E-state index contributed by atoms with van der Waals surface area (Å²) in [6.45, 7) is 6.64. The van der Waals surface area contributed by atoms with Gasteiger partial charge < -0.3 is 4.90 Å². The highest BCUT2D eigenvalue weighted by Gasteiger charge is 2.32. The molecule has 8 heteroatoms. The molecular formula is C29H24N4O2S2. The standard InChI is InChI=1S/C29H24N4O2S2/c1-4-31-22-15-8-9-16-23(22)36-29(31)25-27(35)32(21-14-10-11-18(2)17-21)28(37-25)24-19(3)30-33(26(24)34)20-12-6-5-7-13-20/h5-17H,4H2,1-3H3/b28-24-,29-25-. The Labute approximate surface area is 222 Å². The van der Waals surface area contributed by atoms with E-state index in [1.807, 2.05) is 80.6 Å². The Morgan fingerprint density at radius 1 is 0.865 bits per heavy atom. The van der Waals surface area contributed by atoms with Crippen molar-refractivity contribution in [3.05, 3.63) is 104 Å². The van der Waals surface area contributed by atoms with Crippen LogP contribution >= 0.6 is 23.1 Å². The molecule has 1 amide bonds. The SMILES string of the molecule is CCN1/C(=c2/s/c(=C3\C(=O)N(c4ccccc4)N=C3C)n(-c3cccc(C)c3)c2=O)Sc2ccccc21. The predicted octanol–water partition coefficient (Wildman–Crippen LogP) is 4.48. The monoisotopic (exact) mass is 524 g/mol. The van der Waals surface area contributed by atoms with Crippen molar-refractivity contribution in [3.63, 3.8) is 0 Å². The molecule has 0 N–H and O–H groups in total. The molecule has 6 rings (SSSR count). The molecule has 0 aliphatic carbocycles. The van der Waals surface area contributed by atoms with Gasteiger partial charge in [0.15, 0.2) is 0 Å². The molecule has 4 aromatic rings. The van der Waals surface area contributed by atoms with Crippen LogP contribution in [-0.4, -0.2) is 22.7 Å². The number of carbonyl (C=O) groups excluding carboxylic acids is 1. The second-order valence-corrected chi connectivity index (χ2v) is 10.9. The maximum absolute atomic E-state index is 14.2. The number of fused-ring (bicyclic) bond motifs is 1. The predicted molar refractivity (Wildman–Crippen MR) is 153 cm³/mol. The Bertz CT molecular complexity index is 1770. The van der Waals surface area contributed by atoms with Gasteiger partial charge in [-0.3, -0.25) is 14.2 Å². The average molecular weight is 525 g/mol. The number of hydrogen-bond acceptors (Lipinski definition) is 6. The van der Waals surface area contributed by atoms with Crippen LogP contribution in [0.4, 0.5) is 11.4 Å². The van der Waals surface area contributed by atoms with Crippen LogP contribution in [0.5, 0.6) is 0 Å². The average Bonchev–Trinajstić information content (AvgIpc) is 3.54. The minimum absolute atomic E-state index is 0.134. The number of benzene rings is 3. The van der Waals surface area contributed by atoms with E-state index < -0.39 is 0 Å². The molecule has 3 aromatic carbocycles. The number of carbonyl (C=O) groups is 1. The van der Waals surface area contributed by atoms with Gasteiger partial charge in [0.1, 0.15) is 14.2 Å². The smallest absolute Gasteiger partial charge is 0.283 e. The topological polar surface area (TPSA) is 57.9 Å². The van der Waals surface area contributed by atoms with E-state index in [0.29, 0.717) is 26.2 Å². The first-order valence-electron chi connectivity index (χ1n) is 12.0. The van der Waals surface area contributed by atoms with E-state index in [0.717, 1.165) is 33.4 Å². The molecule has 0 radical (unpaired) electrons. The Balaban J connectivity index is 1.66. The molecule has 0 spiro atoms. The van der Waals surface area contributed by atoms with Crippen LogP contribution in [-0.2, 0) is 4.79 Å². The zero-order valence-corrected chi connectivity index (χ0v) is 22.3. The molecule has 1 aromatic heterocycles. The summed E-state index contributed by atoms with van der Waals surface area (Å²) in [5, 5.41) is 6.89. The van der Waals surface area contributed by atoms with E-state index >= 15 is 0 Å². The van der Waals surface area contributed by atoms with Gasteiger partial charge in [0.2, 0.25) is 0 Å². The number of hydrazone groups is 1. The molecule has 2 aliphatic heterocycles. The molecule has 3 heterocycles. The van der Waals surface area contributed by atoms with E-state index in [2.05, 4.69) is 29.1 Å². The summed E-state index contributed by atoms with van der Waals surface area (Å²) >= 11 is 2.96. The lowest BCUT2D eigenvalue weighted by atomic mass is 10.2. The molecule has 0 saturated carbocycles. The summed E-state index contributed by atoms with van der Waals surface area (Å²) in [7, 11) is 0. The molecular weight excluding hydrogens is 500 g/mol. The van der Waals surface area contributed by atoms with E-state index in [-0.39, 0.29) is 11.5 Å². The van der Waals surface area contributed by atoms with E-state index in [9.17, 15) is 9.59 Å². The number of anilines is 2. The summed E-state index contributed by atoms with van der Waals surface area (Å²) in [6, 6.07) is 25.4. The fourth-order valence-electron chi connectivity index (χ4n) is 4.69. The van der Waals surface area contributed by atoms with Crippen molar-refractivity contribution in [3.8, 4) is 5.69 Å². The maximum Gasteiger partial charge on any atom is 0.283 e. The van der Waals surface area contributed by atoms with Crippen LogP contribution in [0, 0.1) is 6.92 Å². The highest BCUT2D eigenvalue weighted by Crippen LogP contribution is 2.45. The maximum atomic E-state index is 14.2. The van der Waals surface area contributed by atoms with Gasteiger partial charge in [0.25, 0.3) is 11.5 Å². The number of thioether (sulfide) groups is 1. The molecule has 0 atom stereocenters. The van der Waals surface area contributed by atoms with Crippen LogP contribution in [0.25, 0.3) is 16.3 Å². The number of aromatic nitrogens is 1. The fraction of sp³-hybridized carbons (Fsp3) is 0.138. The van der Waals surface area contributed by atoms with E-state index in [1.165, 1.54) is 16.3 Å². The number of nitrogens with zero attached hydrogens (tertiary/aromatic N) is 4. The third-order valence-electron chi connectivity index (χ3n) is 6.41. The van der Waals surface area contributed by atoms with Crippen molar-refractivity contribution in [2.45, 2.75) is 25.7 Å². The zero-order chi connectivity index (χ0) is 25.7. The molecule has 184 valence electrons. The van der Waals surface area contributed by atoms with Crippen LogP contribution < -0.4 is 24.7 Å². The number of aryl methyl sites for hydroxylation is 1. The zero-order valence-electron chi connectivity index (χ0n) is 20.6. The molecule has 0 bridgehead atoms. The summed E-state index contributed by atoms with van der Waals surface area (Å²) in [5.74, 6) is -0.238. The van der Waals surface area contributed by atoms with Crippen molar-refractivity contribution in [2.24, 2.45) is 5.10 Å². The van der Waals surface area contributed by atoms with Crippen molar-refractivity contribution >= 4 is 56.7 Å². The largest absolute Gasteiger partial charge is 0.334 e. The number of rotatable bonds is 3. The van der Waals surface area contributed by atoms with Gasteiger partial charge in [0.05, 0.1) is 28.3 Å². The van der Waals surface area contributed by atoms with Gasteiger partial charge in [0, 0.05) is 11.4 Å². The minimum atomic E-state index is -0.238. The number of para-hydroxylation sites is 2. The van der Waals surface area contributed by atoms with Gasteiger partial charge in [-0.05, 0) is 62.7 Å². The van der Waals surface area contributed by atoms with Crippen molar-refractivity contribution in [1.82, 2.24) is 4.57 Å². The molecule has 0 fully saturated rings. The van der Waals surface area contributed by atoms with E-state index in [4.69, 9.17) is 0 Å². The third kappa shape index (κ3) is 3.84. The highest BCUT2D eigenvalue weighted by atomic mass is 32.2. The molecule has 2 aliphatic rings. The number of amides is 1. The molecule has 0 unspecified atom stereocenters. The Morgan fingerprint density at radius 2 is 1.59 bits per heavy atom. The lowest BCUT2D eigenvalue weighted by molar-refractivity contribution is -0.112. The Morgan fingerprint density at radius 3 is 2.35 bits per heavy atom. The van der Waals surface area contributed by atoms with Crippen LogP contribution in [0.1, 0.15) is 19.4 Å². The Hall–Kier alpha value is -3.88. The Kier molecular flexibility index (Phi) is 5.85. The summed E-state index contributed by atoms with van der Waals surface area (Å²) in [6.07, 6.45) is 0. The molecule has 0 saturated heterocycles. The molecule has 37 heavy (non-hydrogen) atoms. The summed E-state index contributed by atoms with van der Waals surface area (Å²) in [4.78, 5) is 31.2. The second kappa shape index (κ2) is 9.21. The normalized spacial score (nSPS) is 17.9. The summed E-state index contributed by atoms with van der Waals surface area (Å²) < 4.78 is 2.89. The summed E-state index contributed by atoms with van der Waals surface area (Å²) in [5.41, 5.74) is 4.46. The quantitative estimate of drug-likeness (QED) is 0.397. The lowest BCUT2D eigenvalue weighted by Crippen LogP contribution is -2.35. The highest BCUT2D eigenvalue weighted by molar-refractivity contribution is 8.08. The van der Waals surface area contributed by atoms with Crippen molar-refractivity contribution in [2.75, 3.05) is 16.5 Å². The van der Waals surface area contributed by atoms with Gasteiger partial charge >= 0.3 is 0 Å². The van der Waals surface area contributed by atoms with Crippen LogP contribution in [0.15, 0.2) is 93.7 Å². The first-order chi connectivity index (χ1) is 18.0. The van der Waals surface area contributed by atoms with Gasteiger partial charge in [-0.25, -0.2) is 0 Å². The molecule has 6 nitrogen and oxygen atoms in total. The lowest BCUT2D eigenvalue weighted by Gasteiger charge is -2.16. The first kappa shape index (κ1) is 23.5. The van der Waals surface area contributed by atoms with Gasteiger partial charge in [-0.1, -0.05) is 54.2 Å². The first-order valence-corrected chi connectivity index (χ1v) is 13.7.